The lowest BCUT2D eigenvalue weighted by Gasteiger charge is -2.11. The first-order chi connectivity index (χ1) is 10.8. The summed E-state index contributed by atoms with van der Waals surface area (Å²) in [4.78, 5) is 15.8. The second kappa shape index (κ2) is 14.3. The zero-order valence-electron chi connectivity index (χ0n) is 13.8. The van der Waals surface area contributed by atoms with Gasteiger partial charge in [-0.15, -0.1) is 24.0 Å². The molecular weight excluding hydrogens is 407 g/mol. The van der Waals surface area contributed by atoms with Gasteiger partial charge >= 0.3 is 0 Å². The summed E-state index contributed by atoms with van der Waals surface area (Å²) in [7, 11) is 1.70. The highest BCUT2D eigenvalue weighted by atomic mass is 127. The van der Waals surface area contributed by atoms with Gasteiger partial charge in [0.1, 0.15) is 0 Å². The fourth-order valence-electron chi connectivity index (χ4n) is 1.79. The second-order valence-corrected chi connectivity index (χ2v) is 4.64. The van der Waals surface area contributed by atoms with Crippen LogP contribution in [0.1, 0.15) is 18.9 Å². The van der Waals surface area contributed by atoms with Crippen LogP contribution < -0.4 is 16.0 Å². The van der Waals surface area contributed by atoms with Gasteiger partial charge in [0.2, 0.25) is 5.91 Å². The molecule has 1 amide bonds. The van der Waals surface area contributed by atoms with E-state index in [0.717, 1.165) is 5.56 Å². The normalized spacial score (nSPS) is 10.6. The lowest BCUT2D eigenvalue weighted by atomic mass is 10.2. The SMILES string of the molecule is CCOCCNC(=NC)NCCC(=O)NCc1ccccc1.I. The van der Waals surface area contributed by atoms with Crippen molar-refractivity contribution < 1.29 is 9.53 Å². The first-order valence-corrected chi connectivity index (χ1v) is 7.59. The Hall–Kier alpha value is -1.35. The monoisotopic (exact) mass is 434 g/mol. The lowest BCUT2D eigenvalue weighted by Crippen LogP contribution is -2.40. The van der Waals surface area contributed by atoms with Crippen LogP contribution >= 0.6 is 24.0 Å². The van der Waals surface area contributed by atoms with Gasteiger partial charge in [-0.2, -0.15) is 0 Å². The van der Waals surface area contributed by atoms with Crippen LogP contribution in [0.2, 0.25) is 0 Å². The molecule has 1 rings (SSSR count). The Morgan fingerprint density at radius 1 is 1.13 bits per heavy atom. The van der Waals surface area contributed by atoms with Gasteiger partial charge in [0.15, 0.2) is 5.96 Å². The van der Waals surface area contributed by atoms with Crippen molar-refractivity contribution in [3.8, 4) is 0 Å². The van der Waals surface area contributed by atoms with Crippen molar-refractivity contribution >= 4 is 35.8 Å². The minimum absolute atomic E-state index is 0. The maximum atomic E-state index is 11.8. The number of guanidine groups is 1. The number of nitrogens with one attached hydrogen (secondary N) is 3. The molecule has 0 aliphatic heterocycles. The van der Waals surface area contributed by atoms with E-state index < -0.39 is 0 Å². The molecule has 1 aromatic rings. The first kappa shape index (κ1) is 21.6. The van der Waals surface area contributed by atoms with Crippen LogP contribution in [0.4, 0.5) is 0 Å². The molecule has 1 aromatic carbocycles. The highest BCUT2D eigenvalue weighted by Crippen LogP contribution is 1.97. The molecule has 0 aromatic heterocycles. The molecule has 0 saturated carbocycles. The zero-order valence-corrected chi connectivity index (χ0v) is 16.1. The molecule has 23 heavy (non-hydrogen) atoms. The number of nitrogens with zero attached hydrogens (tertiary/aromatic N) is 1. The first-order valence-electron chi connectivity index (χ1n) is 7.59. The van der Waals surface area contributed by atoms with Gasteiger partial charge in [-0.3, -0.25) is 9.79 Å². The van der Waals surface area contributed by atoms with Crippen LogP contribution in [-0.4, -0.2) is 45.2 Å². The average Bonchev–Trinajstić information content (AvgIpc) is 2.56. The Labute approximate surface area is 155 Å². The third kappa shape index (κ3) is 10.9. The van der Waals surface area contributed by atoms with Crippen molar-refractivity contribution in [2.24, 2.45) is 4.99 Å². The lowest BCUT2D eigenvalue weighted by molar-refractivity contribution is -0.121. The smallest absolute Gasteiger partial charge is 0.222 e. The van der Waals surface area contributed by atoms with E-state index in [4.69, 9.17) is 4.74 Å². The Morgan fingerprint density at radius 3 is 2.48 bits per heavy atom. The Morgan fingerprint density at radius 2 is 1.83 bits per heavy atom. The van der Waals surface area contributed by atoms with E-state index in [1.807, 2.05) is 37.3 Å². The van der Waals surface area contributed by atoms with Crippen molar-refractivity contribution in [2.45, 2.75) is 19.9 Å². The number of ether oxygens (including phenoxy) is 1. The maximum absolute atomic E-state index is 11.8. The predicted molar refractivity (Wildman–Crippen MR) is 104 cm³/mol. The number of aliphatic imine (C=N–C) groups is 1. The minimum atomic E-state index is 0. The van der Waals surface area contributed by atoms with E-state index in [2.05, 4.69) is 20.9 Å². The topological polar surface area (TPSA) is 74.8 Å². The summed E-state index contributed by atoms with van der Waals surface area (Å²) in [6, 6.07) is 9.85. The molecule has 0 aliphatic carbocycles. The van der Waals surface area contributed by atoms with Crippen LogP contribution in [0.5, 0.6) is 0 Å². The molecule has 0 atom stereocenters. The number of amides is 1. The van der Waals surface area contributed by atoms with E-state index in [9.17, 15) is 4.79 Å². The number of halogens is 1. The van der Waals surface area contributed by atoms with E-state index >= 15 is 0 Å². The van der Waals surface area contributed by atoms with Crippen molar-refractivity contribution in [3.63, 3.8) is 0 Å². The molecule has 0 bridgehead atoms. The molecule has 0 saturated heterocycles. The van der Waals surface area contributed by atoms with Crippen molar-refractivity contribution in [1.29, 1.82) is 0 Å². The number of hydrogen-bond donors (Lipinski definition) is 3. The molecule has 7 heteroatoms. The van der Waals surface area contributed by atoms with Crippen molar-refractivity contribution in [3.05, 3.63) is 35.9 Å². The largest absolute Gasteiger partial charge is 0.380 e. The molecule has 0 spiro atoms. The molecule has 0 aliphatic rings. The zero-order chi connectivity index (χ0) is 16.0. The average molecular weight is 434 g/mol. The molecule has 0 radical (unpaired) electrons. The molecule has 0 unspecified atom stereocenters. The third-order valence-corrected chi connectivity index (χ3v) is 2.94. The third-order valence-electron chi connectivity index (χ3n) is 2.94. The molecule has 0 fully saturated rings. The highest BCUT2D eigenvalue weighted by Gasteiger charge is 2.02. The Kier molecular flexibility index (Phi) is 13.4. The summed E-state index contributed by atoms with van der Waals surface area (Å²) < 4.78 is 5.24. The van der Waals surface area contributed by atoms with E-state index in [1.54, 1.807) is 7.05 Å². The minimum Gasteiger partial charge on any atom is -0.380 e. The van der Waals surface area contributed by atoms with Gasteiger partial charge in [0, 0.05) is 39.7 Å². The van der Waals surface area contributed by atoms with E-state index in [-0.39, 0.29) is 29.9 Å². The predicted octanol–water partition coefficient (Wildman–Crippen LogP) is 1.51. The van der Waals surface area contributed by atoms with Crippen LogP contribution in [0.25, 0.3) is 0 Å². The van der Waals surface area contributed by atoms with Crippen LogP contribution in [-0.2, 0) is 16.1 Å². The number of carbonyl (C=O) groups excluding carboxylic acids is 1. The number of benzene rings is 1. The van der Waals surface area contributed by atoms with Gasteiger partial charge in [-0.05, 0) is 12.5 Å². The van der Waals surface area contributed by atoms with Gasteiger partial charge in [0.25, 0.3) is 0 Å². The van der Waals surface area contributed by atoms with Crippen LogP contribution in [0.15, 0.2) is 35.3 Å². The molecular formula is C16H27IN4O2. The van der Waals surface area contributed by atoms with Gasteiger partial charge in [-0.1, -0.05) is 30.3 Å². The summed E-state index contributed by atoms with van der Waals surface area (Å²) in [5.41, 5.74) is 1.09. The number of hydrogen-bond acceptors (Lipinski definition) is 3. The van der Waals surface area contributed by atoms with Gasteiger partial charge < -0.3 is 20.7 Å². The van der Waals surface area contributed by atoms with Gasteiger partial charge in [-0.25, -0.2) is 0 Å². The summed E-state index contributed by atoms with van der Waals surface area (Å²) in [5.74, 6) is 0.691. The maximum Gasteiger partial charge on any atom is 0.222 e. The standard InChI is InChI=1S/C16H26N4O2.HI/c1-3-22-12-11-19-16(17-2)18-10-9-15(21)20-13-14-7-5-4-6-8-14;/h4-8H,3,9-13H2,1-2H3,(H,20,21)(H2,17,18,19);1H. The Bertz CT molecular complexity index is 455. The van der Waals surface area contributed by atoms with Crippen molar-refractivity contribution in [2.75, 3.05) is 33.4 Å². The fraction of sp³-hybridized carbons (Fsp3) is 0.500. The fourth-order valence-corrected chi connectivity index (χ4v) is 1.79. The number of carbonyl (C=O) groups is 1. The summed E-state index contributed by atoms with van der Waals surface area (Å²) >= 11 is 0. The van der Waals surface area contributed by atoms with Crippen LogP contribution in [0.3, 0.4) is 0 Å². The van der Waals surface area contributed by atoms with E-state index in [1.165, 1.54) is 0 Å². The summed E-state index contributed by atoms with van der Waals surface area (Å²) in [6.07, 6.45) is 0.402. The van der Waals surface area contributed by atoms with E-state index in [0.29, 0.717) is 45.2 Å². The highest BCUT2D eigenvalue weighted by molar-refractivity contribution is 14.0. The molecule has 6 nitrogen and oxygen atoms in total. The van der Waals surface area contributed by atoms with Crippen molar-refractivity contribution in [1.82, 2.24) is 16.0 Å². The van der Waals surface area contributed by atoms with Gasteiger partial charge in [0.05, 0.1) is 6.61 Å². The summed E-state index contributed by atoms with van der Waals surface area (Å²) in [6.45, 7) is 5.08. The second-order valence-electron chi connectivity index (χ2n) is 4.64. The number of rotatable bonds is 9. The molecule has 130 valence electrons. The molecule has 0 heterocycles. The molecule has 3 N–H and O–H groups in total. The Balaban J connectivity index is 0.00000484. The van der Waals surface area contributed by atoms with Crippen LogP contribution in [0, 0.1) is 0 Å². The quantitative estimate of drug-likeness (QED) is 0.239. The summed E-state index contributed by atoms with van der Waals surface area (Å²) in [5, 5.41) is 9.11.